The maximum absolute atomic E-state index is 3.67. The lowest BCUT2D eigenvalue weighted by Gasteiger charge is -2.33. The highest BCUT2D eigenvalue weighted by Gasteiger charge is 2.30. The standard InChI is InChI=1S/C19H29NS/c1-2-11-20-13-16-8-4-3-7-15(16)12-17-14-21-19-10-6-5-9-18(17)19/h5-6,9-10,15-17,20H,2-4,7-8,11-14H2,1H3. The summed E-state index contributed by atoms with van der Waals surface area (Å²) in [6.07, 6.45) is 8.48. The van der Waals surface area contributed by atoms with E-state index in [2.05, 4.69) is 48.3 Å². The molecule has 0 saturated heterocycles. The molecule has 2 heteroatoms. The third kappa shape index (κ3) is 3.84. The van der Waals surface area contributed by atoms with Gasteiger partial charge < -0.3 is 5.32 Å². The summed E-state index contributed by atoms with van der Waals surface area (Å²) in [4.78, 5) is 1.54. The van der Waals surface area contributed by atoms with Gasteiger partial charge in [-0.15, -0.1) is 11.8 Å². The lowest BCUT2D eigenvalue weighted by molar-refractivity contribution is 0.210. The summed E-state index contributed by atoms with van der Waals surface area (Å²) >= 11 is 2.07. The van der Waals surface area contributed by atoms with E-state index in [0.717, 1.165) is 17.8 Å². The molecule has 1 fully saturated rings. The van der Waals surface area contributed by atoms with Crippen LogP contribution in [0.1, 0.15) is 56.9 Å². The summed E-state index contributed by atoms with van der Waals surface area (Å²) in [6, 6.07) is 9.08. The zero-order chi connectivity index (χ0) is 14.5. The second kappa shape index (κ2) is 7.69. The summed E-state index contributed by atoms with van der Waals surface area (Å²) in [7, 11) is 0. The van der Waals surface area contributed by atoms with E-state index < -0.39 is 0 Å². The molecule has 1 aliphatic carbocycles. The topological polar surface area (TPSA) is 12.0 Å². The largest absolute Gasteiger partial charge is 0.316 e. The van der Waals surface area contributed by atoms with Crippen LogP contribution in [0.25, 0.3) is 0 Å². The van der Waals surface area contributed by atoms with Crippen LogP contribution in [0, 0.1) is 11.8 Å². The van der Waals surface area contributed by atoms with Crippen LogP contribution in [0.15, 0.2) is 29.2 Å². The number of benzene rings is 1. The average molecular weight is 304 g/mol. The summed E-state index contributed by atoms with van der Waals surface area (Å²) in [6.45, 7) is 4.70. The Morgan fingerprint density at radius 1 is 1.14 bits per heavy atom. The van der Waals surface area contributed by atoms with Crippen molar-refractivity contribution in [3.8, 4) is 0 Å². The van der Waals surface area contributed by atoms with E-state index in [9.17, 15) is 0 Å². The molecule has 0 radical (unpaired) electrons. The minimum atomic E-state index is 0.808. The Bertz CT molecular complexity index is 445. The van der Waals surface area contributed by atoms with Crippen LogP contribution in [0.2, 0.25) is 0 Å². The first-order valence-electron chi connectivity index (χ1n) is 8.81. The van der Waals surface area contributed by atoms with Gasteiger partial charge in [0.25, 0.3) is 0 Å². The maximum Gasteiger partial charge on any atom is 0.0107 e. The van der Waals surface area contributed by atoms with Gasteiger partial charge in [0.15, 0.2) is 0 Å². The van der Waals surface area contributed by atoms with Crippen LogP contribution < -0.4 is 5.32 Å². The Kier molecular flexibility index (Phi) is 5.65. The number of hydrogen-bond donors (Lipinski definition) is 1. The fourth-order valence-corrected chi connectivity index (χ4v) is 5.39. The summed E-state index contributed by atoms with van der Waals surface area (Å²) in [5, 5.41) is 3.67. The quantitative estimate of drug-likeness (QED) is 0.736. The SMILES string of the molecule is CCCNCC1CCCCC1CC1CSc2ccccc21. The predicted molar refractivity (Wildman–Crippen MR) is 93.1 cm³/mol. The van der Waals surface area contributed by atoms with Crippen molar-refractivity contribution in [2.45, 2.75) is 56.3 Å². The van der Waals surface area contributed by atoms with Crippen LogP contribution in [-0.4, -0.2) is 18.8 Å². The number of hydrogen-bond acceptors (Lipinski definition) is 2. The lowest BCUT2D eigenvalue weighted by atomic mass is 9.74. The van der Waals surface area contributed by atoms with Gasteiger partial charge in [-0.2, -0.15) is 0 Å². The first kappa shape index (κ1) is 15.4. The highest BCUT2D eigenvalue weighted by Crippen LogP contribution is 2.45. The molecule has 1 saturated carbocycles. The molecule has 2 aliphatic rings. The van der Waals surface area contributed by atoms with Crippen molar-refractivity contribution in [1.29, 1.82) is 0 Å². The molecule has 3 unspecified atom stereocenters. The fourth-order valence-electron chi connectivity index (χ4n) is 4.12. The molecule has 0 bridgehead atoms. The second-order valence-electron chi connectivity index (χ2n) is 6.79. The monoisotopic (exact) mass is 303 g/mol. The lowest BCUT2D eigenvalue weighted by Crippen LogP contribution is -2.32. The Labute approximate surface area is 134 Å². The van der Waals surface area contributed by atoms with Crippen molar-refractivity contribution in [3.05, 3.63) is 29.8 Å². The first-order chi connectivity index (χ1) is 10.4. The van der Waals surface area contributed by atoms with Crippen molar-refractivity contribution in [2.75, 3.05) is 18.8 Å². The molecule has 0 aromatic heterocycles. The van der Waals surface area contributed by atoms with E-state index in [-0.39, 0.29) is 0 Å². The smallest absolute Gasteiger partial charge is 0.0107 e. The molecular weight excluding hydrogens is 274 g/mol. The van der Waals surface area contributed by atoms with Gasteiger partial charge in [0.05, 0.1) is 0 Å². The van der Waals surface area contributed by atoms with Gasteiger partial charge in [-0.25, -0.2) is 0 Å². The van der Waals surface area contributed by atoms with Crippen LogP contribution in [-0.2, 0) is 0 Å². The third-order valence-corrected chi connectivity index (χ3v) is 6.54. The zero-order valence-corrected chi connectivity index (χ0v) is 14.1. The molecule has 0 amide bonds. The van der Waals surface area contributed by atoms with E-state index in [0.29, 0.717) is 0 Å². The highest BCUT2D eigenvalue weighted by molar-refractivity contribution is 7.99. The predicted octanol–water partition coefficient (Wildman–Crippen LogP) is 5.07. The molecule has 21 heavy (non-hydrogen) atoms. The van der Waals surface area contributed by atoms with Crippen molar-refractivity contribution >= 4 is 11.8 Å². The molecule has 1 heterocycles. The van der Waals surface area contributed by atoms with Gasteiger partial charge in [-0.05, 0) is 61.7 Å². The van der Waals surface area contributed by atoms with Crippen LogP contribution in [0.5, 0.6) is 0 Å². The van der Waals surface area contributed by atoms with Crippen molar-refractivity contribution in [1.82, 2.24) is 5.32 Å². The Morgan fingerprint density at radius 2 is 1.95 bits per heavy atom. The molecule has 1 aliphatic heterocycles. The zero-order valence-electron chi connectivity index (χ0n) is 13.3. The molecule has 3 rings (SSSR count). The van der Waals surface area contributed by atoms with Gasteiger partial charge >= 0.3 is 0 Å². The molecule has 1 N–H and O–H groups in total. The van der Waals surface area contributed by atoms with E-state index in [1.54, 1.807) is 10.5 Å². The Balaban J connectivity index is 1.60. The number of nitrogens with one attached hydrogen (secondary N) is 1. The van der Waals surface area contributed by atoms with Crippen molar-refractivity contribution in [3.63, 3.8) is 0 Å². The maximum atomic E-state index is 3.67. The van der Waals surface area contributed by atoms with E-state index in [1.807, 2.05) is 0 Å². The highest BCUT2D eigenvalue weighted by atomic mass is 32.2. The van der Waals surface area contributed by atoms with E-state index in [4.69, 9.17) is 0 Å². The van der Waals surface area contributed by atoms with Gasteiger partial charge in [0, 0.05) is 10.6 Å². The summed E-state index contributed by atoms with van der Waals surface area (Å²) in [5.74, 6) is 3.98. The van der Waals surface area contributed by atoms with Gasteiger partial charge in [0.2, 0.25) is 0 Å². The van der Waals surface area contributed by atoms with E-state index >= 15 is 0 Å². The number of thioether (sulfide) groups is 1. The first-order valence-corrected chi connectivity index (χ1v) is 9.79. The van der Waals surface area contributed by atoms with Gasteiger partial charge in [0.1, 0.15) is 0 Å². The van der Waals surface area contributed by atoms with Crippen LogP contribution in [0.3, 0.4) is 0 Å². The van der Waals surface area contributed by atoms with Crippen LogP contribution >= 0.6 is 11.8 Å². The number of rotatable bonds is 6. The normalized spacial score (nSPS) is 28.5. The van der Waals surface area contributed by atoms with Gasteiger partial charge in [-0.1, -0.05) is 44.4 Å². The van der Waals surface area contributed by atoms with Crippen LogP contribution in [0.4, 0.5) is 0 Å². The molecular formula is C19H29NS. The van der Waals surface area contributed by atoms with Crippen molar-refractivity contribution in [2.24, 2.45) is 11.8 Å². The minimum absolute atomic E-state index is 0.808. The molecule has 3 atom stereocenters. The van der Waals surface area contributed by atoms with E-state index in [1.165, 1.54) is 57.4 Å². The molecule has 1 nitrogen and oxygen atoms in total. The van der Waals surface area contributed by atoms with Crippen molar-refractivity contribution < 1.29 is 0 Å². The summed E-state index contributed by atoms with van der Waals surface area (Å²) in [5.41, 5.74) is 1.63. The third-order valence-electron chi connectivity index (χ3n) is 5.29. The summed E-state index contributed by atoms with van der Waals surface area (Å²) < 4.78 is 0. The Hall–Kier alpha value is -0.470. The minimum Gasteiger partial charge on any atom is -0.316 e. The molecule has 116 valence electrons. The molecule has 0 spiro atoms. The molecule has 1 aromatic carbocycles. The number of fused-ring (bicyclic) bond motifs is 1. The average Bonchev–Trinajstić information content (AvgIpc) is 2.93. The van der Waals surface area contributed by atoms with Gasteiger partial charge in [-0.3, -0.25) is 0 Å². The fraction of sp³-hybridized carbons (Fsp3) is 0.684. The second-order valence-corrected chi connectivity index (χ2v) is 7.85. The Morgan fingerprint density at radius 3 is 2.81 bits per heavy atom. The molecule has 1 aromatic rings.